The van der Waals surface area contributed by atoms with E-state index in [1.807, 2.05) is 0 Å². The number of carbonyl (C=O) groups is 2. The molecule has 2 fully saturated rings. The molecule has 11 nitrogen and oxygen atoms in total. The minimum absolute atomic E-state index is 0.0138. The quantitative estimate of drug-likeness (QED) is 0.266. The number of aliphatic hydroxyl groups is 1. The fraction of sp³-hybridized carbons (Fsp3) is 0.833. The van der Waals surface area contributed by atoms with Crippen LogP contribution in [0, 0.1) is 0 Å². The molecule has 2 aliphatic rings. The van der Waals surface area contributed by atoms with Crippen molar-refractivity contribution >= 4 is 17.7 Å². The van der Waals surface area contributed by atoms with Crippen molar-refractivity contribution in [1.29, 1.82) is 0 Å². The highest BCUT2D eigenvalue weighted by Crippen LogP contribution is 2.37. The summed E-state index contributed by atoms with van der Waals surface area (Å²) in [7, 11) is 0. The van der Waals surface area contributed by atoms with Gasteiger partial charge in [-0.05, 0) is 34.6 Å². The van der Waals surface area contributed by atoms with Gasteiger partial charge < -0.3 is 39.1 Å². The number of hydrogen-bond acceptors (Lipinski definition) is 9. The third-order valence-electron chi connectivity index (χ3n) is 4.37. The van der Waals surface area contributed by atoms with Gasteiger partial charge in [0.2, 0.25) is 0 Å². The number of hydrogen-bond donors (Lipinski definition) is 1. The van der Waals surface area contributed by atoms with Crippen molar-refractivity contribution < 1.29 is 47.9 Å². The Labute approximate surface area is 168 Å². The van der Waals surface area contributed by atoms with Crippen LogP contribution in [0.5, 0.6) is 0 Å². The fourth-order valence-corrected chi connectivity index (χ4v) is 3.32. The van der Waals surface area contributed by atoms with Gasteiger partial charge in [-0.2, -0.15) is 4.79 Å². The van der Waals surface area contributed by atoms with E-state index in [0.29, 0.717) is 0 Å². The van der Waals surface area contributed by atoms with Crippen LogP contribution in [-0.2, 0) is 38.0 Å². The first-order chi connectivity index (χ1) is 13.4. The topological polar surface area (TPSA) is 146 Å². The van der Waals surface area contributed by atoms with Crippen molar-refractivity contribution in [2.75, 3.05) is 13.2 Å². The molecule has 0 bridgehead atoms. The summed E-state index contributed by atoms with van der Waals surface area (Å²) in [6, 6.07) is 0. The van der Waals surface area contributed by atoms with E-state index in [-0.39, 0.29) is 13.2 Å². The molecule has 5 atom stereocenters. The van der Waals surface area contributed by atoms with E-state index in [0.717, 1.165) is 0 Å². The Hall–Kier alpha value is -1.88. The van der Waals surface area contributed by atoms with Gasteiger partial charge in [-0.25, -0.2) is 4.79 Å². The molecule has 29 heavy (non-hydrogen) atoms. The van der Waals surface area contributed by atoms with Gasteiger partial charge in [0.15, 0.2) is 23.8 Å². The maximum Gasteiger partial charge on any atom is 0.419 e. The van der Waals surface area contributed by atoms with Crippen molar-refractivity contribution in [1.82, 2.24) is 0 Å². The first kappa shape index (κ1) is 23.4. The van der Waals surface area contributed by atoms with Gasteiger partial charge in [0.1, 0.15) is 18.3 Å². The van der Waals surface area contributed by atoms with Crippen molar-refractivity contribution in [3.05, 3.63) is 5.53 Å². The molecule has 11 heteroatoms. The molecule has 164 valence electrons. The highest BCUT2D eigenvalue weighted by Gasteiger charge is 2.57. The molecule has 1 unspecified atom stereocenters. The van der Waals surface area contributed by atoms with Crippen LogP contribution in [0.25, 0.3) is 5.53 Å². The Morgan fingerprint density at radius 3 is 2.28 bits per heavy atom. The lowest BCUT2D eigenvalue weighted by molar-refractivity contribution is -0.193. The second kappa shape index (κ2) is 8.86. The largest absolute Gasteiger partial charge is 0.457 e. The SMILES string of the molecule is CCOC(=O)C(=[N+]=[N-])C(O)[C@H]1OC(C)(C)O[C@H]1[C@H](OC(C)=O)[C@H]1COC(C)(C)O1. The van der Waals surface area contributed by atoms with E-state index in [1.54, 1.807) is 34.6 Å². The zero-order chi connectivity index (χ0) is 22.0. The minimum Gasteiger partial charge on any atom is -0.457 e. The van der Waals surface area contributed by atoms with Gasteiger partial charge in [-0.1, -0.05) is 0 Å². The van der Waals surface area contributed by atoms with Crippen LogP contribution in [0.3, 0.4) is 0 Å². The number of rotatable bonds is 7. The molecule has 0 aromatic heterocycles. The molecule has 2 aliphatic heterocycles. The third-order valence-corrected chi connectivity index (χ3v) is 4.37. The summed E-state index contributed by atoms with van der Waals surface area (Å²) in [4.78, 5) is 26.6. The Morgan fingerprint density at radius 1 is 1.17 bits per heavy atom. The smallest absolute Gasteiger partial charge is 0.419 e. The van der Waals surface area contributed by atoms with E-state index < -0.39 is 59.7 Å². The van der Waals surface area contributed by atoms with Crippen LogP contribution in [0.1, 0.15) is 41.5 Å². The van der Waals surface area contributed by atoms with Crippen LogP contribution in [-0.4, -0.2) is 82.9 Å². The molecule has 0 radical (unpaired) electrons. The van der Waals surface area contributed by atoms with Gasteiger partial charge in [-0.15, -0.1) is 0 Å². The second-order valence-electron chi connectivity index (χ2n) is 7.66. The molecule has 2 rings (SSSR count). The van der Waals surface area contributed by atoms with Crippen molar-refractivity contribution in [2.45, 2.75) is 83.6 Å². The van der Waals surface area contributed by atoms with Gasteiger partial charge in [0, 0.05) is 6.92 Å². The predicted molar refractivity (Wildman–Crippen MR) is 95.5 cm³/mol. The zero-order valence-electron chi connectivity index (χ0n) is 17.4. The van der Waals surface area contributed by atoms with Gasteiger partial charge >= 0.3 is 17.7 Å². The van der Waals surface area contributed by atoms with E-state index in [1.165, 1.54) is 6.92 Å². The molecular weight excluding hydrogens is 388 g/mol. The van der Waals surface area contributed by atoms with Crippen molar-refractivity contribution in [3.63, 3.8) is 0 Å². The summed E-state index contributed by atoms with van der Waals surface area (Å²) in [5, 5.41) is 10.7. The van der Waals surface area contributed by atoms with E-state index in [2.05, 4.69) is 4.79 Å². The predicted octanol–water partition coefficient (Wildman–Crippen LogP) is 0.185. The van der Waals surface area contributed by atoms with Gasteiger partial charge in [-0.3, -0.25) is 4.79 Å². The lowest BCUT2D eigenvalue weighted by Crippen LogP contribution is -2.53. The third kappa shape index (κ3) is 5.59. The zero-order valence-corrected chi connectivity index (χ0v) is 17.4. The molecular formula is C18H28N2O9. The van der Waals surface area contributed by atoms with E-state index in [4.69, 9.17) is 28.4 Å². The van der Waals surface area contributed by atoms with E-state index in [9.17, 15) is 20.2 Å². The summed E-state index contributed by atoms with van der Waals surface area (Å²) in [6.45, 7) is 9.50. The van der Waals surface area contributed by atoms with Crippen LogP contribution in [0.2, 0.25) is 0 Å². The molecule has 0 saturated carbocycles. The minimum atomic E-state index is -1.72. The summed E-state index contributed by atoms with van der Waals surface area (Å²) in [5.41, 5.74) is 8.58. The van der Waals surface area contributed by atoms with Crippen LogP contribution < -0.4 is 0 Å². The number of carbonyl (C=O) groups excluding carboxylic acids is 2. The Morgan fingerprint density at radius 2 is 1.79 bits per heavy atom. The number of nitrogens with zero attached hydrogens (tertiary/aromatic N) is 2. The molecule has 2 heterocycles. The lowest BCUT2D eigenvalue weighted by Gasteiger charge is -2.30. The number of esters is 2. The molecule has 1 N–H and O–H groups in total. The highest BCUT2D eigenvalue weighted by atomic mass is 16.8. The average molecular weight is 416 g/mol. The maximum absolute atomic E-state index is 12.0. The molecule has 0 aromatic rings. The summed E-state index contributed by atoms with van der Waals surface area (Å²) in [5.74, 6) is -3.72. The van der Waals surface area contributed by atoms with Crippen LogP contribution in [0.4, 0.5) is 0 Å². The first-order valence-electron chi connectivity index (χ1n) is 9.32. The Bertz CT molecular complexity index is 687. The molecule has 0 amide bonds. The first-order valence-corrected chi connectivity index (χ1v) is 9.32. The standard InChI is InChI=1S/C18H28N2O9/c1-7-24-16(23)11(20-19)12(22)14-15(29-18(5,6)28-14)13(26-9(2)21)10-8-25-17(3,4)27-10/h10,12-15,22H,7-8H2,1-6H3/t10-,12?,13-,14-,15+/m1/s1. The molecule has 2 saturated heterocycles. The normalized spacial score (nSPS) is 29.6. The Balaban J connectivity index is 2.35. The summed E-state index contributed by atoms with van der Waals surface area (Å²) >= 11 is 0. The monoisotopic (exact) mass is 416 g/mol. The summed E-state index contributed by atoms with van der Waals surface area (Å²) < 4.78 is 33.2. The molecule has 0 aliphatic carbocycles. The van der Waals surface area contributed by atoms with Crippen LogP contribution >= 0.6 is 0 Å². The van der Waals surface area contributed by atoms with E-state index >= 15 is 0 Å². The fourth-order valence-electron chi connectivity index (χ4n) is 3.32. The molecule has 0 aromatic carbocycles. The lowest BCUT2D eigenvalue weighted by atomic mass is 9.96. The average Bonchev–Trinajstić information content (AvgIpc) is 3.12. The summed E-state index contributed by atoms with van der Waals surface area (Å²) in [6.07, 6.45) is -5.75. The Kier molecular flexibility index (Phi) is 7.15. The number of aliphatic hydroxyl groups excluding tert-OH is 1. The van der Waals surface area contributed by atoms with Crippen molar-refractivity contribution in [3.8, 4) is 0 Å². The van der Waals surface area contributed by atoms with Crippen molar-refractivity contribution in [2.24, 2.45) is 0 Å². The van der Waals surface area contributed by atoms with Gasteiger partial charge in [0.25, 0.3) is 0 Å². The highest BCUT2D eigenvalue weighted by molar-refractivity contribution is 6.35. The molecule has 0 spiro atoms. The number of ether oxygens (including phenoxy) is 6. The van der Waals surface area contributed by atoms with Crippen LogP contribution in [0.15, 0.2) is 0 Å². The second-order valence-corrected chi connectivity index (χ2v) is 7.66. The van der Waals surface area contributed by atoms with Gasteiger partial charge in [0.05, 0.1) is 13.2 Å². The maximum atomic E-state index is 12.0.